The summed E-state index contributed by atoms with van der Waals surface area (Å²) in [5, 5.41) is 8.99. The second kappa shape index (κ2) is 12.6. The van der Waals surface area contributed by atoms with Gasteiger partial charge in [-0.3, -0.25) is 0 Å². The Kier molecular flexibility index (Phi) is 7.14. The van der Waals surface area contributed by atoms with E-state index >= 15 is 0 Å². The molecule has 55 heavy (non-hydrogen) atoms. The lowest BCUT2D eigenvalue weighted by atomic mass is 9.94. The van der Waals surface area contributed by atoms with Crippen LogP contribution in [0.5, 0.6) is 0 Å². The van der Waals surface area contributed by atoms with Gasteiger partial charge in [0.05, 0.1) is 0 Å². The molecule has 0 aliphatic heterocycles. The highest BCUT2D eigenvalue weighted by molar-refractivity contribution is 6.16. The first-order chi connectivity index (χ1) is 27.2. The molecule has 9 aromatic carbocycles. The Hall–Kier alpha value is -7.43. The van der Waals surface area contributed by atoms with Gasteiger partial charge in [0.1, 0.15) is 11.2 Å². The third kappa shape index (κ3) is 5.26. The van der Waals surface area contributed by atoms with Crippen LogP contribution in [0.25, 0.3) is 111 Å². The summed E-state index contributed by atoms with van der Waals surface area (Å²) >= 11 is 0. The number of aromatic nitrogens is 3. The monoisotopic (exact) mass is 701 g/mol. The molecule has 11 aromatic rings. The number of nitrogens with zero attached hydrogens (tertiary/aromatic N) is 3. The Morgan fingerprint density at radius 1 is 0.309 bits per heavy atom. The lowest BCUT2D eigenvalue weighted by molar-refractivity contribution is 0.670. The molecule has 11 rings (SSSR count). The van der Waals surface area contributed by atoms with Crippen molar-refractivity contribution in [2.45, 2.75) is 0 Å². The van der Waals surface area contributed by atoms with Crippen LogP contribution in [0.4, 0.5) is 0 Å². The van der Waals surface area contributed by atoms with Crippen molar-refractivity contribution in [2.24, 2.45) is 0 Å². The van der Waals surface area contributed by atoms with E-state index in [4.69, 9.17) is 19.4 Å². The van der Waals surface area contributed by atoms with E-state index in [2.05, 4.69) is 176 Å². The Morgan fingerprint density at radius 2 is 0.818 bits per heavy atom. The van der Waals surface area contributed by atoms with Crippen LogP contribution < -0.4 is 0 Å². The van der Waals surface area contributed by atoms with E-state index in [0.717, 1.165) is 65.9 Å². The summed E-state index contributed by atoms with van der Waals surface area (Å²) in [6, 6.07) is 65.8. The van der Waals surface area contributed by atoms with Crippen LogP contribution in [0.15, 0.2) is 192 Å². The maximum atomic E-state index is 6.74. The van der Waals surface area contributed by atoms with Gasteiger partial charge in [0.15, 0.2) is 17.5 Å². The minimum absolute atomic E-state index is 0.593. The fourth-order valence-corrected chi connectivity index (χ4v) is 8.04. The average molecular weight is 702 g/mol. The lowest BCUT2D eigenvalue weighted by Crippen LogP contribution is -2.01. The Balaban J connectivity index is 1.12. The highest BCUT2D eigenvalue weighted by Crippen LogP contribution is 2.42. The zero-order valence-corrected chi connectivity index (χ0v) is 29.6. The largest absolute Gasteiger partial charge is 0.455 e. The molecule has 0 N–H and O–H groups in total. The van der Waals surface area contributed by atoms with Crippen LogP contribution in [0.2, 0.25) is 0 Å². The summed E-state index contributed by atoms with van der Waals surface area (Å²) in [6.07, 6.45) is 0. The molecule has 0 amide bonds. The fraction of sp³-hybridized carbons (Fsp3) is 0. The van der Waals surface area contributed by atoms with Crippen molar-refractivity contribution < 1.29 is 4.42 Å². The number of para-hydroxylation sites is 1. The minimum atomic E-state index is 0.593. The second-order valence-corrected chi connectivity index (χ2v) is 14.0. The van der Waals surface area contributed by atoms with Gasteiger partial charge in [-0.1, -0.05) is 164 Å². The van der Waals surface area contributed by atoms with E-state index in [-0.39, 0.29) is 0 Å². The summed E-state index contributed by atoms with van der Waals surface area (Å²) < 4.78 is 6.74. The maximum absolute atomic E-state index is 6.74. The summed E-state index contributed by atoms with van der Waals surface area (Å²) in [5.41, 5.74) is 8.87. The average Bonchev–Trinajstić information content (AvgIpc) is 3.65. The predicted octanol–water partition coefficient (Wildman–Crippen LogP) is 13.6. The van der Waals surface area contributed by atoms with Gasteiger partial charge >= 0.3 is 0 Å². The number of fused-ring (bicyclic) bond motifs is 6. The number of rotatable bonds is 5. The van der Waals surface area contributed by atoms with Gasteiger partial charge in [-0.2, -0.15) is 0 Å². The first kappa shape index (κ1) is 31.1. The quantitative estimate of drug-likeness (QED) is 0.179. The molecule has 2 aromatic heterocycles. The van der Waals surface area contributed by atoms with Crippen LogP contribution in [-0.4, -0.2) is 15.0 Å². The molecule has 0 aliphatic rings. The molecule has 0 aliphatic carbocycles. The molecule has 0 atom stereocenters. The van der Waals surface area contributed by atoms with E-state index in [0.29, 0.717) is 17.5 Å². The molecule has 0 fully saturated rings. The third-order valence-corrected chi connectivity index (χ3v) is 10.7. The number of benzene rings is 9. The molecule has 0 saturated heterocycles. The molecule has 0 bridgehead atoms. The van der Waals surface area contributed by atoms with Crippen LogP contribution in [0.3, 0.4) is 0 Å². The predicted molar refractivity (Wildman–Crippen MR) is 227 cm³/mol. The van der Waals surface area contributed by atoms with Gasteiger partial charge in [0.2, 0.25) is 0 Å². The van der Waals surface area contributed by atoms with E-state index in [1.165, 1.54) is 27.3 Å². The van der Waals surface area contributed by atoms with Gasteiger partial charge in [-0.15, -0.1) is 0 Å². The Bertz CT molecular complexity index is 3260. The molecule has 256 valence electrons. The molecular formula is C51H31N3O. The first-order valence-electron chi connectivity index (χ1n) is 18.5. The van der Waals surface area contributed by atoms with E-state index in [1.54, 1.807) is 0 Å². The lowest BCUT2D eigenvalue weighted by Gasteiger charge is -2.12. The van der Waals surface area contributed by atoms with Gasteiger partial charge in [-0.05, 0) is 73.3 Å². The topological polar surface area (TPSA) is 51.8 Å². The van der Waals surface area contributed by atoms with Crippen LogP contribution in [0.1, 0.15) is 0 Å². The van der Waals surface area contributed by atoms with Crippen molar-refractivity contribution in [3.05, 3.63) is 188 Å². The normalized spacial score (nSPS) is 11.6. The number of furan rings is 1. The summed E-state index contributed by atoms with van der Waals surface area (Å²) in [5.74, 6) is 1.84. The van der Waals surface area contributed by atoms with Crippen molar-refractivity contribution in [3.8, 4) is 56.4 Å². The molecule has 0 radical (unpaired) electrons. The Morgan fingerprint density at radius 3 is 1.56 bits per heavy atom. The van der Waals surface area contributed by atoms with E-state index in [1.807, 2.05) is 12.1 Å². The van der Waals surface area contributed by atoms with E-state index < -0.39 is 0 Å². The van der Waals surface area contributed by atoms with Crippen molar-refractivity contribution in [1.29, 1.82) is 0 Å². The highest BCUT2D eigenvalue weighted by atomic mass is 16.3. The molecule has 4 nitrogen and oxygen atoms in total. The molecule has 0 saturated carbocycles. The molecule has 0 spiro atoms. The highest BCUT2D eigenvalue weighted by Gasteiger charge is 2.21. The van der Waals surface area contributed by atoms with Crippen LogP contribution >= 0.6 is 0 Å². The molecule has 4 heteroatoms. The van der Waals surface area contributed by atoms with Gasteiger partial charge in [0.25, 0.3) is 0 Å². The smallest absolute Gasteiger partial charge is 0.164 e. The van der Waals surface area contributed by atoms with Gasteiger partial charge in [0, 0.05) is 33.0 Å². The zero-order chi connectivity index (χ0) is 36.3. The molecular weight excluding hydrogens is 671 g/mol. The second-order valence-electron chi connectivity index (χ2n) is 14.0. The standard InChI is InChI=1S/C51H31N3O/c1-2-14-37-31-38(28-23-32(37)11-1)49-52-50(43-21-10-16-34-13-4-6-18-41(34)43)54-51(53-49)45-30-29-42(48-47(45)44-19-7-8-22-46(44)55-48)36-26-24-35(25-27-36)40-20-9-15-33-12-3-5-17-39(33)40/h1-31H. The van der Waals surface area contributed by atoms with Crippen molar-refractivity contribution in [2.75, 3.05) is 0 Å². The minimum Gasteiger partial charge on any atom is -0.455 e. The molecule has 2 heterocycles. The van der Waals surface area contributed by atoms with Gasteiger partial charge < -0.3 is 4.42 Å². The zero-order valence-electron chi connectivity index (χ0n) is 29.6. The van der Waals surface area contributed by atoms with Crippen LogP contribution in [-0.2, 0) is 0 Å². The summed E-state index contributed by atoms with van der Waals surface area (Å²) in [4.78, 5) is 15.6. The summed E-state index contributed by atoms with van der Waals surface area (Å²) in [7, 11) is 0. The SMILES string of the molecule is c1ccc2cc(-c3nc(-c4cccc5ccccc45)nc(-c4ccc(-c5ccc(-c6cccc7ccccc67)cc5)c5oc6ccccc6c45)n3)ccc2c1. The fourth-order valence-electron chi connectivity index (χ4n) is 8.04. The maximum Gasteiger partial charge on any atom is 0.164 e. The van der Waals surface area contributed by atoms with Crippen molar-refractivity contribution >= 4 is 54.3 Å². The number of hydrogen-bond acceptors (Lipinski definition) is 4. The number of hydrogen-bond donors (Lipinski definition) is 0. The van der Waals surface area contributed by atoms with Crippen LogP contribution in [0, 0.1) is 0 Å². The third-order valence-electron chi connectivity index (χ3n) is 10.7. The molecule has 0 unspecified atom stereocenters. The Labute approximate surface area is 317 Å². The van der Waals surface area contributed by atoms with E-state index in [9.17, 15) is 0 Å². The van der Waals surface area contributed by atoms with Crippen molar-refractivity contribution in [3.63, 3.8) is 0 Å². The first-order valence-corrected chi connectivity index (χ1v) is 18.5. The van der Waals surface area contributed by atoms with Crippen molar-refractivity contribution in [1.82, 2.24) is 15.0 Å². The van der Waals surface area contributed by atoms with Gasteiger partial charge in [-0.25, -0.2) is 15.0 Å². The summed E-state index contributed by atoms with van der Waals surface area (Å²) in [6.45, 7) is 0.